The standard InChI is InChI=1S/C15H13BrClN3O/c16-13-5-10(7-19-14(13)17)20-15(21)12-8-18-6-9-3-1-2-4-11(9)12/h1-5,7,12,18H,6,8H2,(H,20,21). The number of aromatic nitrogens is 1. The maximum absolute atomic E-state index is 12.5. The molecule has 6 heteroatoms. The molecule has 1 aliphatic rings. The van der Waals surface area contributed by atoms with Crippen LogP contribution in [-0.2, 0) is 11.3 Å². The number of nitrogens with one attached hydrogen (secondary N) is 2. The highest BCUT2D eigenvalue weighted by atomic mass is 79.9. The molecule has 0 fully saturated rings. The molecule has 1 aliphatic heterocycles. The Morgan fingerprint density at radius 1 is 1.43 bits per heavy atom. The van der Waals surface area contributed by atoms with Gasteiger partial charge in [0, 0.05) is 13.1 Å². The Morgan fingerprint density at radius 3 is 3.05 bits per heavy atom. The van der Waals surface area contributed by atoms with Gasteiger partial charge in [-0.1, -0.05) is 35.9 Å². The number of nitrogens with zero attached hydrogens (tertiary/aromatic N) is 1. The number of benzene rings is 1. The Kier molecular flexibility index (Phi) is 4.24. The SMILES string of the molecule is O=C(Nc1cnc(Cl)c(Br)c1)C1CNCc2ccccc21. The van der Waals surface area contributed by atoms with Crippen LogP contribution in [0.3, 0.4) is 0 Å². The van der Waals surface area contributed by atoms with Crippen LogP contribution in [-0.4, -0.2) is 17.4 Å². The molecule has 1 unspecified atom stereocenters. The first-order valence-corrected chi connectivity index (χ1v) is 7.72. The summed E-state index contributed by atoms with van der Waals surface area (Å²) >= 11 is 9.15. The maximum atomic E-state index is 12.5. The third-order valence-corrected chi connectivity index (χ3v) is 4.61. The van der Waals surface area contributed by atoms with E-state index in [0.29, 0.717) is 21.9 Å². The molecule has 2 N–H and O–H groups in total. The minimum absolute atomic E-state index is 0.0503. The van der Waals surface area contributed by atoms with Crippen LogP contribution in [0.25, 0.3) is 0 Å². The molecule has 108 valence electrons. The van der Waals surface area contributed by atoms with E-state index >= 15 is 0 Å². The van der Waals surface area contributed by atoms with Crippen LogP contribution in [0, 0.1) is 0 Å². The van der Waals surface area contributed by atoms with Gasteiger partial charge in [-0.25, -0.2) is 4.98 Å². The summed E-state index contributed by atoms with van der Waals surface area (Å²) in [5.74, 6) is -0.255. The second-order valence-corrected chi connectivity index (χ2v) is 6.08. The number of fused-ring (bicyclic) bond motifs is 1. The van der Waals surface area contributed by atoms with E-state index in [0.717, 1.165) is 12.1 Å². The topological polar surface area (TPSA) is 54.0 Å². The van der Waals surface area contributed by atoms with Crippen molar-refractivity contribution < 1.29 is 4.79 Å². The zero-order valence-electron chi connectivity index (χ0n) is 11.1. The van der Waals surface area contributed by atoms with E-state index in [-0.39, 0.29) is 11.8 Å². The number of carbonyl (C=O) groups excluding carboxylic acids is 1. The summed E-state index contributed by atoms with van der Waals surface area (Å²) < 4.78 is 0.657. The number of hydrogen-bond donors (Lipinski definition) is 2. The number of amides is 1. The molecule has 0 bridgehead atoms. The molecular formula is C15H13BrClN3O. The van der Waals surface area contributed by atoms with Gasteiger partial charge in [0.2, 0.25) is 5.91 Å². The molecule has 2 heterocycles. The summed E-state index contributed by atoms with van der Waals surface area (Å²) in [6.45, 7) is 1.43. The van der Waals surface area contributed by atoms with Crippen LogP contribution < -0.4 is 10.6 Å². The van der Waals surface area contributed by atoms with Crippen molar-refractivity contribution in [2.75, 3.05) is 11.9 Å². The zero-order valence-corrected chi connectivity index (χ0v) is 13.4. The van der Waals surface area contributed by atoms with Crippen molar-refractivity contribution >= 4 is 39.1 Å². The molecule has 21 heavy (non-hydrogen) atoms. The molecule has 1 aromatic carbocycles. The fourth-order valence-corrected chi connectivity index (χ4v) is 2.90. The number of hydrogen-bond acceptors (Lipinski definition) is 3. The van der Waals surface area contributed by atoms with Gasteiger partial charge in [-0.2, -0.15) is 0 Å². The Balaban J connectivity index is 1.81. The molecule has 0 saturated carbocycles. The molecular weight excluding hydrogens is 354 g/mol. The lowest BCUT2D eigenvalue weighted by molar-refractivity contribution is -0.117. The minimum Gasteiger partial charge on any atom is -0.324 e. The first-order chi connectivity index (χ1) is 10.1. The summed E-state index contributed by atoms with van der Waals surface area (Å²) in [5.41, 5.74) is 2.87. The summed E-state index contributed by atoms with van der Waals surface area (Å²) in [7, 11) is 0. The van der Waals surface area contributed by atoms with Crippen molar-refractivity contribution in [1.82, 2.24) is 10.3 Å². The van der Waals surface area contributed by atoms with Gasteiger partial charge in [-0.15, -0.1) is 0 Å². The normalized spacial score (nSPS) is 17.1. The monoisotopic (exact) mass is 365 g/mol. The number of halogens is 2. The maximum Gasteiger partial charge on any atom is 0.233 e. The molecule has 0 spiro atoms. The highest BCUT2D eigenvalue weighted by Gasteiger charge is 2.26. The van der Waals surface area contributed by atoms with Crippen LogP contribution in [0.4, 0.5) is 5.69 Å². The van der Waals surface area contributed by atoms with Crippen molar-refractivity contribution in [2.45, 2.75) is 12.5 Å². The lowest BCUT2D eigenvalue weighted by Crippen LogP contribution is -2.35. The van der Waals surface area contributed by atoms with Crippen molar-refractivity contribution in [3.8, 4) is 0 Å². The first kappa shape index (κ1) is 14.5. The lowest BCUT2D eigenvalue weighted by atomic mass is 9.90. The quantitative estimate of drug-likeness (QED) is 0.802. The van der Waals surface area contributed by atoms with Crippen molar-refractivity contribution in [1.29, 1.82) is 0 Å². The van der Waals surface area contributed by atoms with E-state index < -0.39 is 0 Å². The van der Waals surface area contributed by atoms with Crippen molar-refractivity contribution in [2.24, 2.45) is 0 Å². The van der Waals surface area contributed by atoms with E-state index in [1.807, 2.05) is 24.3 Å². The first-order valence-electron chi connectivity index (χ1n) is 6.55. The van der Waals surface area contributed by atoms with E-state index in [1.165, 1.54) is 5.56 Å². The van der Waals surface area contributed by atoms with Gasteiger partial charge in [0.25, 0.3) is 0 Å². The number of rotatable bonds is 2. The summed E-state index contributed by atoms with van der Waals surface area (Å²) in [6.07, 6.45) is 1.55. The molecule has 3 rings (SSSR count). The van der Waals surface area contributed by atoms with Crippen molar-refractivity contribution in [3.63, 3.8) is 0 Å². The lowest BCUT2D eigenvalue weighted by Gasteiger charge is -2.25. The van der Waals surface area contributed by atoms with Gasteiger partial charge in [0.05, 0.1) is 22.3 Å². The van der Waals surface area contributed by atoms with E-state index in [4.69, 9.17) is 11.6 Å². The van der Waals surface area contributed by atoms with Crippen LogP contribution in [0.5, 0.6) is 0 Å². The molecule has 2 aromatic rings. The third kappa shape index (κ3) is 3.10. The summed E-state index contributed by atoms with van der Waals surface area (Å²) in [5, 5.41) is 6.53. The Bertz CT molecular complexity index is 692. The van der Waals surface area contributed by atoms with Crippen molar-refractivity contribution in [3.05, 3.63) is 57.3 Å². The zero-order chi connectivity index (χ0) is 14.8. The summed E-state index contributed by atoms with van der Waals surface area (Å²) in [4.78, 5) is 16.5. The van der Waals surface area contributed by atoms with Crippen LogP contribution >= 0.6 is 27.5 Å². The Morgan fingerprint density at radius 2 is 2.24 bits per heavy atom. The van der Waals surface area contributed by atoms with E-state index in [9.17, 15) is 4.79 Å². The number of carbonyl (C=O) groups is 1. The molecule has 0 radical (unpaired) electrons. The largest absolute Gasteiger partial charge is 0.324 e. The fraction of sp³-hybridized carbons (Fsp3) is 0.200. The van der Waals surface area contributed by atoms with Crippen LogP contribution in [0.15, 0.2) is 41.0 Å². The van der Waals surface area contributed by atoms with Gasteiger partial charge in [0.1, 0.15) is 5.15 Å². The van der Waals surface area contributed by atoms with Gasteiger partial charge in [-0.05, 0) is 33.1 Å². The van der Waals surface area contributed by atoms with Gasteiger partial charge < -0.3 is 10.6 Å². The Labute approximate surface area is 136 Å². The predicted octanol–water partition coefficient (Wildman–Crippen LogP) is 3.32. The minimum atomic E-state index is -0.204. The molecule has 4 nitrogen and oxygen atoms in total. The van der Waals surface area contributed by atoms with Gasteiger partial charge >= 0.3 is 0 Å². The highest BCUT2D eigenvalue weighted by Crippen LogP contribution is 2.27. The highest BCUT2D eigenvalue weighted by molar-refractivity contribution is 9.10. The van der Waals surface area contributed by atoms with E-state index in [1.54, 1.807) is 12.3 Å². The van der Waals surface area contributed by atoms with Gasteiger partial charge in [-0.3, -0.25) is 4.79 Å². The Hall–Kier alpha value is -1.43. The smallest absolute Gasteiger partial charge is 0.233 e. The second kappa shape index (κ2) is 6.13. The molecule has 0 saturated heterocycles. The summed E-state index contributed by atoms with van der Waals surface area (Å²) in [6, 6.07) is 9.75. The third-order valence-electron chi connectivity index (χ3n) is 3.47. The molecule has 1 amide bonds. The number of pyridine rings is 1. The molecule has 1 atom stereocenters. The molecule has 0 aliphatic carbocycles. The average molecular weight is 367 g/mol. The van der Waals surface area contributed by atoms with Crippen LogP contribution in [0.2, 0.25) is 5.15 Å². The molecule has 1 aromatic heterocycles. The average Bonchev–Trinajstić information content (AvgIpc) is 2.50. The van der Waals surface area contributed by atoms with Crippen LogP contribution in [0.1, 0.15) is 17.0 Å². The number of anilines is 1. The van der Waals surface area contributed by atoms with Gasteiger partial charge in [0.15, 0.2) is 0 Å². The van der Waals surface area contributed by atoms with E-state index in [2.05, 4.69) is 31.5 Å². The fourth-order valence-electron chi connectivity index (χ4n) is 2.45. The second-order valence-electron chi connectivity index (χ2n) is 4.87. The predicted molar refractivity (Wildman–Crippen MR) is 86.5 cm³/mol.